The SMILES string of the molecule is COc1cc([C@H]2SCC(=O)N2c2ccc(Cl)cc2)ccc1OCc1cccc2ccccc12. The number of halogens is 1. The maximum atomic E-state index is 12.6. The van der Waals surface area contributed by atoms with Crippen LogP contribution in [0.15, 0.2) is 84.9 Å². The first kappa shape index (κ1) is 21.7. The lowest BCUT2D eigenvalue weighted by Crippen LogP contribution is -2.27. The number of methoxy groups -OCH3 is 1. The highest BCUT2D eigenvalue weighted by Crippen LogP contribution is 2.44. The summed E-state index contributed by atoms with van der Waals surface area (Å²) in [6.07, 6.45) is 0. The second-order valence-corrected chi connectivity index (χ2v) is 9.25. The molecule has 1 atom stereocenters. The van der Waals surface area contributed by atoms with Gasteiger partial charge >= 0.3 is 0 Å². The second kappa shape index (κ2) is 9.38. The molecular formula is C27H22ClNO3S. The highest BCUT2D eigenvalue weighted by atomic mass is 35.5. The van der Waals surface area contributed by atoms with E-state index in [-0.39, 0.29) is 11.3 Å². The Hall–Kier alpha value is -3.15. The van der Waals surface area contributed by atoms with Crippen LogP contribution in [0.25, 0.3) is 10.8 Å². The van der Waals surface area contributed by atoms with Gasteiger partial charge in [0.25, 0.3) is 0 Å². The maximum Gasteiger partial charge on any atom is 0.238 e. The number of hydrogen-bond acceptors (Lipinski definition) is 4. The van der Waals surface area contributed by atoms with Crippen molar-refractivity contribution in [1.29, 1.82) is 0 Å². The molecule has 0 unspecified atom stereocenters. The lowest BCUT2D eigenvalue weighted by Gasteiger charge is -2.25. The molecule has 1 amide bonds. The molecule has 1 heterocycles. The number of nitrogens with zero attached hydrogens (tertiary/aromatic N) is 1. The van der Waals surface area contributed by atoms with Gasteiger partial charge in [-0.2, -0.15) is 0 Å². The largest absolute Gasteiger partial charge is 0.493 e. The van der Waals surface area contributed by atoms with Crippen molar-refractivity contribution in [2.24, 2.45) is 0 Å². The average molecular weight is 476 g/mol. The molecule has 1 fully saturated rings. The van der Waals surface area contributed by atoms with Crippen LogP contribution in [-0.4, -0.2) is 18.8 Å². The molecule has 0 bridgehead atoms. The number of rotatable bonds is 6. The molecule has 166 valence electrons. The van der Waals surface area contributed by atoms with Gasteiger partial charge in [-0.3, -0.25) is 9.69 Å². The molecule has 4 nitrogen and oxygen atoms in total. The molecule has 1 saturated heterocycles. The average Bonchev–Trinajstić information content (AvgIpc) is 3.24. The summed E-state index contributed by atoms with van der Waals surface area (Å²) in [7, 11) is 1.63. The molecule has 0 N–H and O–H groups in total. The Morgan fingerprint density at radius 1 is 0.970 bits per heavy atom. The van der Waals surface area contributed by atoms with Crippen molar-refractivity contribution in [1.82, 2.24) is 0 Å². The zero-order valence-electron chi connectivity index (χ0n) is 18.0. The quantitative estimate of drug-likeness (QED) is 0.305. The van der Waals surface area contributed by atoms with Gasteiger partial charge in [0, 0.05) is 10.7 Å². The minimum Gasteiger partial charge on any atom is -0.493 e. The van der Waals surface area contributed by atoms with Gasteiger partial charge in [0.15, 0.2) is 11.5 Å². The number of anilines is 1. The predicted octanol–water partition coefficient (Wildman–Crippen LogP) is 6.86. The van der Waals surface area contributed by atoms with Crippen LogP contribution in [0.3, 0.4) is 0 Å². The first-order chi connectivity index (χ1) is 16.1. The van der Waals surface area contributed by atoms with E-state index >= 15 is 0 Å². The Morgan fingerprint density at radius 3 is 2.58 bits per heavy atom. The molecule has 4 aromatic carbocycles. The summed E-state index contributed by atoms with van der Waals surface area (Å²) in [6, 6.07) is 27.7. The van der Waals surface area contributed by atoms with E-state index in [9.17, 15) is 4.79 Å². The van der Waals surface area contributed by atoms with Crippen LogP contribution in [0, 0.1) is 0 Å². The van der Waals surface area contributed by atoms with Gasteiger partial charge in [-0.25, -0.2) is 0 Å². The van der Waals surface area contributed by atoms with Gasteiger partial charge in [0.2, 0.25) is 5.91 Å². The zero-order valence-corrected chi connectivity index (χ0v) is 19.6. The Morgan fingerprint density at radius 2 is 1.76 bits per heavy atom. The van der Waals surface area contributed by atoms with Crippen molar-refractivity contribution in [2.75, 3.05) is 17.8 Å². The number of thioether (sulfide) groups is 1. The molecule has 0 aromatic heterocycles. The molecule has 1 aliphatic heterocycles. The van der Waals surface area contributed by atoms with E-state index in [0.717, 1.165) is 16.8 Å². The number of amides is 1. The van der Waals surface area contributed by atoms with E-state index in [2.05, 4.69) is 24.3 Å². The monoisotopic (exact) mass is 475 g/mol. The molecular weight excluding hydrogens is 454 g/mol. The third-order valence-corrected chi connectivity index (χ3v) is 7.17. The molecule has 0 radical (unpaired) electrons. The Balaban J connectivity index is 1.40. The fourth-order valence-electron chi connectivity index (χ4n) is 4.08. The van der Waals surface area contributed by atoms with Crippen molar-refractivity contribution in [2.45, 2.75) is 12.0 Å². The first-order valence-electron chi connectivity index (χ1n) is 10.6. The van der Waals surface area contributed by atoms with E-state index < -0.39 is 0 Å². The first-order valence-corrected chi connectivity index (χ1v) is 12.0. The van der Waals surface area contributed by atoms with E-state index in [4.69, 9.17) is 21.1 Å². The lowest BCUT2D eigenvalue weighted by molar-refractivity contribution is -0.115. The number of carbonyl (C=O) groups is 1. The molecule has 0 spiro atoms. The van der Waals surface area contributed by atoms with E-state index in [1.165, 1.54) is 10.8 Å². The van der Waals surface area contributed by atoms with E-state index in [1.807, 2.05) is 53.4 Å². The van der Waals surface area contributed by atoms with Crippen molar-refractivity contribution < 1.29 is 14.3 Å². The van der Waals surface area contributed by atoms with Gasteiger partial charge in [-0.05, 0) is 58.3 Å². The fourth-order valence-corrected chi connectivity index (χ4v) is 5.38. The molecule has 6 heteroatoms. The second-order valence-electron chi connectivity index (χ2n) is 7.74. The summed E-state index contributed by atoms with van der Waals surface area (Å²) in [6.45, 7) is 0.435. The van der Waals surface area contributed by atoms with Crippen LogP contribution in [0.5, 0.6) is 11.5 Å². The third-order valence-electron chi connectivity index (χ3n) is 5.71. The smallest absolute Gasteiger partial charge is 0.238 e. The van der Waals surface area contributed by atoms with Crippen LogP contribution in [0.2, 0.25) is 5.02 Å². The van der Waals surface area contributed by atoms with Crippen molar-refractivity contribution >= 4 is 45.7 Å². The predicted molar refractivity (Wildman–Crippen MR) is 135 cm³/mol. The minimum absolute atomic E-state index is 0.0718. The fraction of sp³-hybridized carbons (Fsp3) is 0.148. The van der Waals surface area contributed by atoms with Gasteiger partial charge in [0.05, 0.1) is 12.9 Å². The summed E-state index contributed by atoms with van der Waals surface area (Å²) < 4.78 is 11.8. The Bertz CT molecular complexity index is 1300. The number of fused-ring (bicyclic) bond motifs is 1. The molecule has 1 aliphatic rings. The van der Waals surface area contributed by atoms with E-state index in [1.54, 1.807) is 31.0 Å². The van der Waals surface area contributed by atoms with Crippen molar-refractivity contribution in [3.05, 3.63) is 101 Å². The normalized spacial score (nSPS) is 15.8. The van der Waals surface area contributed by atoms with Gasteiger partial charge in [-0.15, -0.1) is 11.8 Å². The summed E-state index contributed by atoms with van der Waals surface area (Å²) in [5.74, 6) is 1.81. The van der Waals surface area contributed by atoms with Gasteiger partial charge in [-0.1, -0.05) is 60.1 Å². The highest BCUT2D eigenvalue weighted by molar-refractivity contribution is 8.00. The highest BCUT2D eigenvalue weighted by Gasteiger charge is 2.34. The third kappa shape index (κ3) is 4.39. The molecule has 4 aromatic rings. The van der Waals surface area contributed by atoms with Crippen molar-refractivity contribution in [3.63, 3.8) is 0 Å². The Kier molecular flexibility index (Phi) is 6.16. The van der Waals surface area contributed by atoms with Crippen LogP contribution < -0.4 is 14.4 Å². The number of hydrogen-bond donors (Lipinski definition) is 0. The number of ether oxygens (including phenoxy) is 2. The number of benzene rings is 4. The van der Waals surface area contributed by atoms with Gasteiger partial charge < -0.3 is 9.47 Å². The molecule has 5 rings (SSSR count). The zero-order chi connectivity index (χ0) is 22.8. The van der Waals surface area contributed by atoms with Crippen molar-refractivity contribution in [3.8, 4) is 11.5 Å². The lowest BCUT2D eigenvalue weighted by atomic mass is 10.1. The maximum absolute atomic E-state index is 12.6. The Labute approximate surface area is 202 Å². The molecule has 0 aliphatic carbocycles. The summed E-state index contributed by atoms with van der Waals surface area (Å²) >= 11 is 7.63. The standard InChI is InChI=1S/C27H22ClNO3S/c1-31-25-15-19(27-29(26(30)17-33-27)22-12-10-21(28)11-13-22)9-14-24(25)32-16-20-7-4-6-18-5-2-3-8-23(18)20/h2-15,27H,16-17H2,1H3/t27-/m1/s1. The van der Waals surface area contributed by atoms with Gasteiger partial charge in [0.1, 0.15) is 12.0 Å². The topological polar surface area (TPSA) is 38.8 Å². The van der Waals surface area contributed by atoms with Crippen LogP contribution >= 0.6 is 23.4 Å². The minimum atomic E-state index is -0.139. The number of carbonyl (C=O) groups excluding carboxylic acids is 1. The van der Waals surface area contributed by atoms with E-state index in [0.29, 0.717) is 28.9 Å². The summed E-state index contributed by atoms with van der Waals surface area (Å²) in [5, 5.41) is 2.87. The summed E-state index contributed by atoms with van der Waals surface area (Å²) in [5.41, 5.74) is 2.93. The molecule has 0 saturated carbocycles. The molecule has 33 heavy (non-hydrogen) atoms. The van der Waals surface area contributed by atoms with Crippen LogP contribution in [0.1, 0.15) is 16.5 Å². The summed E-state index contributed by atoms with van der Waals surface area (Å²) in [4.78, 5) is 14.5. The van der Waals surface area contributed by atoms with Crippen LogP contribution in [0.4, 0.5) is 5.69 Å². The van der Waals surface area contributed by atoms with Crippen LogP contribution in [-0.2, 0) is 11.4 Å².